The Hall–Kier alpha value is -3.20. The van der Waals surface area contributed by atoms with Gasteiger partial charge in [-0.3, -0.25) is 9.59 Å². The Morgan fingerprint density at radius 2 is 1.77 bits per heavy atom. The number of hydrogen-bond acceptors (Lipinski definition) is 5. The van der Waals surface area contributed by atoms with Crippen LogP contribution in [0.15, 0.2) is 53.7 Å². The number of benzene rings is 2. The summed E-state index contributed by atoms with van der Waals surface area (Å²) in [6.07, 6.45) is 0.606. The molecule has 0 fully saturated rings. The number of thioether (sulfide) groups is 1. The summed E-state index contributed by atoms with van der Waals surface area (Å²) >= 11 is 1.28. The molecule has 2 N–H and O–H groups in total. The van der Waals surface area contributed by atoms with Crippen molar-refractivity contribution in [2.75, 3.05) is 16.4 Å². The number of aromatic nitrogens is 3. The molecule has 0 bridgehead atoms. The fourth-order valence-corrected chi connectivity index (χ4v) is 3.45. The number of nitrogens with zero attached hydrogens (tertiary/aromatic N) is 3. The predicted molar refractivity (Wildman–Crippen MR) is 115 cm³/mol. The van der Waals surface area contributed by atoms with Gasteiger partial charge in [0.15, 0.2) is 5.16 Å². The van der Waals surface area contributed by atoms with E-state index in [1.165, 1.54) is 36.0 Å². The van der Waals surface area contributed by atoms with E-state index in [1.54, 1.807) is 11.6 Å². The van der Waals surface area contributed by atoms with Gasteiger partial charge in [0.25, 0.3) is 0 Å². The first-order chi connectivity index (χ1) is 14.4. The molecule has 0 aliphatic rings. The highest BCUT2D eigenvalue weighted by Gasteiger charge is 2.13. The zero-order valence-corrected chi connectivity index (χ0v) is 17.5. The van der Waals surface area contributed by atoms with E-state index in [9.17, 15) is 14.0 Å². The van der Waals surface area contributed by atoms with Gasteiger partial charge in [-0.25, -0.2) is 4.39 Å². The van der Waals surface area contributed by atoms with Gasteiger partial charge in [-0.1, -0.05) is 23.9 Å². The van der Waals surface area contributed by atoms with Gasteiger partial charge in [0.05, 0.1) is 5.75 Å². The molecule has 0 saturated carbocycles. The third-order valence-corrected chi connectivity index (χ3v) is 5.28. The molecule has 0 radical (unpaired) electrons. The predicted octanol–water partition coefficient (Wildman–Crippen LogP) is 3.56. The summed E-state index contributed by atoms with van der Waals surface area (Å²) in [4.78, 5) is 24.2. The van der Waals surface area contributed by atoms with Crippen molar-refractivity contribution in [2.45, 2.75) is 24.9 Å². The quantitative estimate of drug-likeness (QED) is 0.537. The average molecular weight is 428 g/mol. The van der Waals surface area contributed by atoms with Crippen molar-refractivity contribution in [3.8, 4) is 0 Å². The molecule has 0 spiro atoms. The van der Waals surface area contributed by atoms with Crippen molar-refractivity contribution < 1.29 is 14.0 Å². The lowest BCUT2D eigenvalue weighted by Gasteiger charge is -2.07. The number of carbonyl (C=O) groups is 2. The number of anilines is 2. The first kappa shape index (κ1) is 21.5. The lowest BCUT2D eigenvalue weighted by molar-refractivity contribution is -0.116. The number of rotatable bonds is 8. The first-order valence-corrected chi connectivity index (χ1v) is 10.3. The fourth-order valence-electron chi connectivity index (χ4n) is 2.72. The Balaban J connectivity index is 1.47. The third-order valence-electron chi connectivity index (χ3n) is 4.26. The van der Waals surface area contributed by atoms with Crippen LogP contribution < -0.4 is 10.6 Å². The highest BCUT2D eigenvalue weighted by Crippen LogP contribution is 2.18. The summed E-state index contributed by atoms with van der Waals surface area (Å²) in [5.74, 6) is 0.158. The lowest BCUT2D eigenvalue weighted by atomic mass is 10.2. The molecule has 9 heteroatoms. The zero-order chi connectivity index (χ0) is 21.5. The Bertz CT molecular complexity index is 1040. The van der Waals surface area contributed by atoms with Gasteiger partial charge in [-0.05, 0) is 48.9 Å². The summed E-state index contributed by atoms with van der Waals surface area (Å²) in [7, 11) is 1.80. The number of halogens is 1. The van der Waals surface area contributed by atoms with Crippen LogP contribution in [0.4, 0.5) is 15.8 Å². The molecule has 1 aromatic heterocycles. The molecule has 0 aliphatic heterocycles. The van der Waals surface area contributed by atoms with Crippen LogP contribution in [0.25, 0.3) is 0 Å². The number of carbonyl (C=O) groups excluding carboxylic acids is 2. The molecule has 0 saturated heterocycles. The monoisotopic (exact) mass is 427 g/mol. The van der Waals surface area contributed by atoms with Crippen LogP contribution in [0.2, 0.25) is 0 Å². The highest BCUT2D eigenvalue weighted by molar-refractivity contribution is 7.99. The minimum absolute atomic E-state index is 0.131. The van der Waals surface area contributed by atoms with E-state index in [0.29, 0.717) is 23.1 Å². The van der Waals surface area contributed by atoms with E-state index in [-0.39, 0.29) is 29.8 Å². The molecule has 156 valence electrons. The standard InChI is InChI=1S/C21H22FN5O2S/c1-14-4-3-5-17(12-14)24-20(29)13-30-21-26-25-18(27(21)2)10-11-19(28)23-16-8-6-15(22)7-9-16/h3-9,12H,10-11,13H2,1-2H3,(H,23,28)(H,24,29). The van der Waals surface area contributed by atoms with Crippen LogP contribution in [0.5, 0.6) is 0 Å². The summed E-state index contributed by atoms with van der Waals surface area (Å²) in [5, 5.41) is 14.4. The van der Waals surface area contributed by atoms with Crippen molar-refractivity contribution >= 4 is 35.0 Å². The van der Waals surface area contributed by atoms with Crippen LogP contribution in [0.3, 0.4) is 0 Å². The molecule has 0 aliphatic carbocycles. The maximum atomic E-state index is 12.9. The van der Waals surface area contributed by atoms with Gasteiger partial charge < -0.3 is 15.2 Å². The largest absolute Gasteiger partial charge is 0.326 e. The number of nitrogens with one attached hydrogen (secondary N) is 2. The molecule has 7 nitrogen and oxygen atoms in total. The SMILES string of the molecule is Cc1cccc(NC(=O)CSc2nnc(CCC(=O)Nc3ccc(F)cc3)n2C)c1. The van der Waals surface area contributed by atoms with E-state index >= 15 is 0 Å². The van der Waals surface area contributed by atoms with E-state index in [0.717, 1.165) is 11.3 Å². The Morgan fingerprint density at radius 3 is 2.50 bits per heavy atom. The smallest absolute Gasteiger partial charge is 0.234 e. The van der Waals surface area contributed by atoms with Crippen LogP contribution in [0.1, 0.15) is 17.8 Å². The van der Waals surface area contributed by atoms with Crippen molar-refractivity contribution in [1.29, 1.82) is 0 Å². The molecule has 2 amide bonds. The fraction of sp³-hybridized carbons (Fsp3) is 0.238. The molecule has 3 rings (SSSR count). The number of hydrogen-bond donors (Lipinski definition) is 2. The average Bonchev–Trinajstić information content (AvgIpc) is 3.06. The molecule has 3 aromatic rings. The van der Waals surface area contributed by atoms with Gasteiger partial charge in [-0.2, -0.15) is 0 Å². The van der Waals surface area contributed by atoms with E-state index in [2.05, 4.69) is 20.8 Å². The normalized spacial score (nSPS) is 10.6. The van der Waals surface area contributed by atoms with Crippen molar-refractivity contribution in [3.05, 3.63) is 65.7 Å². The summed E-state index contributed by atoms with van der Waals surface area (Å²) in [6, 6.07) is 13.2. The zero-order valence-electron chi connectivity index (χ0n) is 16.7. The second-order valence-electron chi connectivity index (χ2n) is 6.72. The summed E-state index contributed by atoms with van der Waals surface area (Å²) < 4.78 is 14.7. The van der Waals surface area contributed by atoms with Crippen LogP contribution in [-0.4, -0.2) is 32.3 Å². The molecule has 0 unspecified atom stereocenters. The maximum Gasteiger partial charge on any atom is 0.234 e. The maximum absolute atomic E-state index is 12.9. The molecule has 0 atom stereocenters. The first-order valence-electron chi connectivity index (χ1n) is 9.34. The molecule has 1 heterocycles. The molecular formula is C21H22FN5O2S. The second-order valence-corrected chi connectivity index (χ2v) is 7.66. The highest BCUT2D eigenvalue weighted by atomic mass is 32.2. The molecular weight excluding hydrogens is 405 g/mol. The Kier molecular flexibility index (Phi) is 7.18. The Morgan fingerprint density at radius 1 is 1.03 bits per heavy atom. The van der Waals surface area contributed by atoms with Crippen LogP contribution in [0, 0.1) is 12.7 Å². The minimum atomic E-state index is -0.357. The summed E-state index contributed by atoms with van der Waals surface area (Å²) in [6.45, 7) is 1.96. The minimum Gasteiger partial charge on any atom is -0.326 e. The molecule has 30 heavy (non-hydrogen) atoms. The van der Waals surface area contributed by atoms with E-state index in [1.807, 2.05) is 31.2 Å². The van der Waals surface area contributed by atoms with Gasteiger partial charge in [0, 0.05) is 31.3 Å². The molecule has 2 aromatic carbocycles. The number of aryl methyl sites for hydroxylation is 2. The summed E-state index contributed by atoms with van der Waals surface area (Å²) in [5.41, 5.74) is 2.36. The van der Waals surface area contributed by atoms with Gasteiger partial charge >= 0.3 is 0 Å². The third kappa shape index (κ3) is 6.15. The van der Waals surface area contributed by atoms with Crippen molar-refractivity contribution in [2.24, 2.45) is 7.05 Å². The van der Waals surface area contributed by atoms with Crippen LogP contribution in [-0.2, 0) is 23.1 Å². The van der Waals surface area contributed by atoms with Gasteiger partial charge in [0.1, 0.15) is 11.6 Å². The number of amides is 2. The van der Waals surface area contributed by atoms with Crippen molar-refractivity contribution in [1.82, 2.24) is 14.8 Å². The van der Waals surface area contributed by atoms with Gasteiger partial charge in [-0.15, -0.1) is 10.2 Å². The lowest BCUT2D eigenvalue weighted by Crippen LogP contribution is -2.15. The van der Waals surface area contributed by atoms with Crippen LogP contribution >= 0.6 is 11.8 Å². The van der Waals surface area contributed by atoms with E-state index in [4.69, 9.17) is 0 Å². The van der Waals surface area contributed by atoms with Crippen molar-refractivity contribution in [3.63, 3.8) is 0 Å². The Labute approximate surface area is 178 Å². The van der Waals surface area contributed by atoms with E-state index < -0.39 is 0 Å². The second kappa shape index (κ2) is 10.0. The topological polar surface area (TPSA) is 88.9 Å². The van der Waals surface area contributed by atoms with Gasteiger partial charge in [0.2, 0.25) is 11.8 Å².